The largest absolute Gasteiger partial charge is 0.369 e. The zero-order valence-corrected chi connectivity index (χ0v) is 19.9. The summed E-state index contributed by atoms with van der Waals surface area (Å²) in [6.45, 7) is 12.9. The van der Waals surface area contributed by atoms with Crippen molar-refractivity contribution in [2.75, 3.05) is 44.2 Å². The van der Waals surface area contributed by atoms with Crippen LogP contribution < -0.4 is 9.62 Å². The first-order valence-electron chi connectivity index (χ1n) is 10.5. The van der Waals surface area contributed by atoms with Gasteiger partial charge in [-0.3, -0.25) is 4.90 Å². The van der Waals surface area contributed by atoms with Crippen molar-refractivity contribution >= 4 is 27.3 Å². The van der Waals surface area contributed by atoms with E-state index in [0.717, 1.165) is 66.4 Å². The summed E-state index contributed by atoms with van der Waals surface area (Å²) in [5.74, 6) is 0. The Kier molecular flexibility index (Phi) is 7.45. The van der Waals surface area contributed by atoms with Gasteiger partial charge in [0, 0.05) is 43.4 Å². The maximum Gasteiger partial charge on any atom is 0.241 e. The predicted octanol–water partition coefficient (Wildman–Crippen LogP) is 4.06. The van der Waals surface area contributed by atoms with Gasteiger partial charge in [0.15, 0.2) is 0 Å². The first kappa shape index (κ1) is 23.1. The molecule has 0 aliphatic carbocycles. The van der Waals surface area contributed by atoms with Crippen molar-refractivity contribution in [1.29, 1.82) is 0 Å². The maximum absolute atomic E-state index is 12.9. The highest BCUT2D eigenvalue weighted by molar-refractivity contribution is 7.89. The van der Waals surface area contributed by atoms with Crippen molar-refractivity contribution < 1.29 is 8.42 Å². The quantitative estimate of drug-likeness (QED) is 0.647. The van der Waals surface area contributed by atoms with E-state index in [0.29, 0.717) is 11.4 Å². The second-order valence-electron chi connectivity index (χ2n) is 8.15. The van der Waals surface area contributed by atoms with Gasteiger partial charge in [-0.05, 0) is 87.2 Å². The Morgan fingerprint density at radius 2 is 1.50 bits per heavy atom. The van der Waals surface area contributed by atoms with E-state index >= 15 is 0 Å². The molecule has 164 valence electrons. The van der Waals surface area contributed by atoms with Crippen LogP contribution in [0.4, 0.5) is 5.69 Å². The lowest BCUT2D eigenvalue weighted by Crippen LogP contribution is -2.47. The van der Waals surface area contributed by atoms with E-state index in [9.17, 15) is 8.42 Å². The number of anilines is 1. The van der Waals surface area contributed by atoms with Gasteiger partial charge >= 0.3 is 0 Å². The van der Waals surface area contributed by atoms with Crippen LogP contribution in [0, 0.1) is 27.7 Å². The Bertz CT molecular complexity index is 956. The summed E-state index contributed by atoms with van der Waals surface area (Å²) in [6.07, 6.45) is 0.795. The monoisotopic (exact) mass is 449 g/mol. The standard InChI is InChI=1S/C23H32ClN3O2S/c1-17-16-18(2)20(4)23(19(17)3)30(28,29)25-10-5-11-26-12-14-27(15-13-26)22-8-6-21(24)7-9-22/h6-9,16,25H,5,10-15H2,1-4H3. The maximum atomic E-state index is 12.9. The summed E-state index contributed by atoms with van der Waals surface area (Å²) < 4.78 is 28.6. The first-order chi connectivity index (χ1) is 14.2. The number of aryl methyl sites for hydroxylation is 2. The van der Waals surface area contributed by atoms with Crippen molar-refractivity contribution in [3.63, 3.8) is 0 Å². The molecule has 1 aliphatic heterocycles. The summed E-state index contributed by atoms with van der Waals surface area (Å²) in [5.41, 5.74) is 4.90. The predicted molar refractivity (Wildman–Crippen MR) is 125 cm³/mol. The summed E-state index contributed by atoms with van der Waals surface area (Å²) in [5, 5.41) is 0.756. The Labute approximate surface area is 186 Å². The average molecular weight is 450 g/mol. The molecule has 0 radical (unpaired) electrons. The van der Waals surface area contributed by atoms with Crippen LogP contribution in [0.2, 0.25) is 5.02 Å². The van der Waals surface area contributed by atoms with E-state index in [-0.39, 0.29) is 0 Å². The van der Waals surface area contributed by atoms with Crippen LogP contribution in [0.1, 0.15) is 28.7 Å². The second-order valence-corrected chi connectivity index (χ2v) is 10.3. The van der Waals surface area contributed by atoms with Crippen molar-refractivity contribution in [2.24, 2.45) is 0 Å². The topological polar surface area (TPSA) is 52.7 Å². The Balaban J connectivity index is 1.48. The third kappa shape index (κ3) is 5.35. The molecule has 5 nitrogen and oxygen atoms in total. The van der Waals surface area contributed by atoms with Gasteiger partial charge in [0.25, 0.3) is 0 Å². The van der Waals surface area contributed by atoms with Crippen LogP contribution in [0.3, 0.4) is 0 Å². The highest BCUT2D eigenvalue weighted by Crippen LogP contribution is 2.26. The molecule has 0 amide bonds. The van der Waals surface area contributed by atoms with Crippen LogP contribution in [-0.2, 0) is 10.0 Å². The second kappa shape index (κ2) is 9.69. The van der Waals surface area contributed by atoms with Crippen LogP contribution >= 0.6 is 11.6 Å². The first-order valence-corrected chi connectivity index (χ1v) is 12.3. The highest BCUT2D eigenvalue weighted by Gasteiger charge is 2.22. The van der Waals surface area contributed by atoms with Crippen molar-refractivity contribution in [3.05, 3.63) is 57.6 Å². The van der Waals surface area contributed by atoms with Crippen LogP contribution in [-0.4, -0.2) is 52.6 Å². The minimum atomic E-state index is -3.51. The zero-order valence-electron chi connectivity index (χ0n) is 18.3. The number of rotatable bonds is 7. The average Bonchev–Trinajstić information content (AvgIpc) is 2.71. The number of nitrogens with zero attached hydrogens (tertiary/aromatic N) is 2. The zero-order chi connectivity index (χ0) is 21.9. The smallest absolute Gasteiger partial charge is 0.241 e. The van der Waals surface area contributed by atoms with E-state index in [1.165, 1.54) is 5.69 Å². The molecule has 1 N–H and O–H groups in total. The molecule has 0 bridgehead atoms. The molecule has 1 heterocycles. The van der Waals surface area contributed by atoms with Gasteiger partial charge in [-0.1, -0.05) is 17.7 Å². The molecule has 0 saturated carbocycles. The normalized spacial score (nSPS) is 15.6. The van der Waals surface area contributed by atoms with Gasteiger partial charge in [-0.15, -0.1) is 0 Å². The molecule has 0 unspecified atom stereocenters. The number of nitrogens with one attached hydrogen (secondary N) is 1. The molecule has 0 atom stereocenters. The van der Waals surface area contributed by atoms with Gasteiger partial charge in [0.05, 0.1) is 4.90 Å². The number of hydrogen-bond donors (Lipinski definition) is 1. The number of sulfonamides is 1. The third-order valence-corrected chi connectivity index (χ3v) is 8.06. The fourth-order valence-electron chi connectivity index (χ4n) is 4.05. The molecule has 2 aromatic rings. The highest BCUT2D eigenvalue weighted by atomic mass is 35.5. The molecular weight excluding hydrogens is 418 g/mol. The van der Waals surface area contributed by atoms with E-state index < -0.39 is 10.0 Å². The van der Waals surface area contributed by atoms with Crippen molar-refractivity contribution in [3.8, 4) is 0 Å². The molecule has 1 saturated heterocycles. The molecule has 2 aromatic carbocycles. The molecule has 0 aromatic heterocycles. The lowest BCUT2D eigenvalue weighted by Gasteiger charge is -2.36. The summed E-state index contributed by atoms with van der Waals surface area (Å²) in [6, 6.07) is 10.0. The molecule has 1 aliphatic rings. The Morgan fingerprint density at radius 1 is 0.933 bits per heavy atom. The molecule has 7 heteroatoms. The SMILES string of the molecule is Cc1cc(C)c(C)c(S(=O)(=O)NCCCN2CCN(c3ccc(Cl)cc3)CC2)c1C. The minimum Gasteiger partial charge on any atom is -0.369 e. The van der Waals surface area contributed by atoms with Gasteiger partial charge < -0.3 is 4.90 Å². The van der Waals surface area contributed by atoms with Gasteiger partial charge in [0.1, 0.15) is 0 Å². The van der Waals surface area contributed by atoms with Crippen molar-refractivity contribution in [2.45, 2.75) is 39.0 Å². The van der Waals surface area contributed by atoms with E-state index in [1.807, 2.05) is 45.9 Å². The van der Waals surface area contributed by atoms with Crippen molar-refractivity contribution in [1.82, 2.24) is 9.62 Å². The van der Waals surface area contributed by atoms with Gasteiger partial charge in [-0.25, -0.2) is 13.1 Å². The molecule has 30 heavy (non-hydrogen) atoms. The Hall–Kier alpha value is -1.60. The van der Waals surface area contributed by atoms with E-state index in [2.05, 4.69) is 26.7 Å². The number of piperazine rings is 1. The minimum absolute atomic E-state index is 0.441. The summed E-state index contributed by atoms with van der Waals surface area (Å²) in [4.78, 5) is 5.20. The molecule has 3 rings (SSSR count). The van der Waals surface area contributed by atoms with E-state index in [4.69, 9.17) is 11.6 Å². The summed E-state index contributed by atoms with van der Waals surface area (Å²) >= 11 is 5.97. The fraction of sp³-hybridized carbons (Fsp3) is 0.478. The molecule has 1 fully saturated rings. The van der Waals surface area contributed by atoms with Crippen LogP contribution in [0.25, 0.3) is 0 Å². The molecule has 0 spiro atoms. The number of benzene rings is 2. The lowest BCUT2D eigenvalue weighted by atomic mass is 10.0. The Morgan fingerprint density at radius 3 is 2.07 bits per heavy atom. The van der Waals surface area contributed by atoms with E-state index in [1.54, 1.807) is 0 Å². The van der Waals surface area contributed by atoms with Crippen LogP contribution in [0.15, 0.2) is 35.2 Å². The third-order valence-electron chi connectivity index (χ3n) is 6.07. The lowest BCUT2D eigenvalue weighted by molar-refractivity contribution is 0.255. The van der Waals surface area contributed by atoms with Gasteiger partial charge in [-0.2, -0.15) is 0 Å². The number of hydrogen-bond acceptors (Lipinski definition) is 4. The number of halogens is 1. The fourth-order valence-corrected chi connectivity index (χ4v) is 5.86. The summed E-state index contributed by atoms with van der Waals surface area (Å²) in [7, 11) is -3.51. The van der Waals surface area contributed by atoms with Crippen LogP contribution in [0.5, 0.6) is 0 Å². The van der Waals surface area contributed by atoms with Gasteiger partial charge in [0.2, 0.25) is 10.0 Å². The molecular formula is C23H32ClN3O2S.